The number of carbonyl (C=O) groups excluding carboxylic acids is 1. The number of nitrogens with one attached hydrogen (secondary N) is 1. The Hall–Kier alpha value is -3.16. The molecule has 0 aliphatic carbocycles. The highest BCUT2D eigenvalue weighted by atomic mass is 35.5. The van der Waals surface area contributed by atoms with Gasteiger partial charge in [-0.05, 0) is 36.8 Å². The maximum Gasteiger partial charge on any atom is 0.261 e. The van der Waals surface area contributed by atoms with Crippen LogP contribution in [0.5, 0.6) is 0 Å². The van der Waals surface area contributed by atoms with Crippen molar-refractivity contribution in [2.45, 2.75) is 19.9 Å². The molecule has 0 saturated carbocycles. The second-order valence-electron chi connectivity index (χ2n) is 7.37. The molecule has 5 rings (SSSR count). The van der Waals surface area contributed by atoms with Gasteiger partial charge in [0.1, 0.15) is 10.5 Å². The number of fused-ring (bicyclic) bond motifs is 2. The van der Waals surface area contributed by atoms with Crippen molar-refractivity contribution >= 4 is 44.7 Å². The number of pyridine rings is 1. The van der Waals surface area contributed by atoms with Crippen molar-refractivity contribution in [1.82, 2.24) is 24.5 Å². The molecule has 0 unspecified atom stereocenters. The monoisotopic (exact) mass is 449 g/mol. The molecule has 0 saturated heterocycles. The normalized spacial score (nSPS) is 11.4. The van der Waals surface area contributed by atoms with E-state index in [4.69, 9.17) is 11.6 Å². The molecule has 156 valence electrons. The SMILES string of the molecule is Cc1nn(Cc2ccccc2Cl)c2sc(C(=O)NCCc3cn4ccccc4n3)cc12. The fourth-order valence-corrected chi connectivity index (χ4v) is 4.89. The number of amides is 1. The predicted octanol–water partition coefficient (Wildman–Crippen LogP) is 4.73. The van der Waals surface area contributed by atoms with E-state index in [1.165, 1.54) is 11.3 Å². The lowest BCUT2D eigenvalue weighted by molar-refractivity contribution is 0.0958. The Labute approximate surface area is 188 Å². The van der Waals surface area contributed by atoms with Crippen molar-refractivity contribution in [1.29, 1.82) is 0 Å². The molecule has 1 aromatic carbocycles. The van der Waals surface area contributed by atoms with Crippen LogP contribution in [0.2, 0.25) is 5.02 Å². The molecule has 4 heterocycles. The minimum Gasteiger partial charge on any atom is -0.351 e. The van der Waals surface area contributed by atoms with Crippen molar-refractivity contribution in [2.24, 2.45) is 0 Å². The van der Waals surface area contributed by atoms with Crippen LogP contribution < -0.4 is 5.32 Å². The zero-order chi connectivity index (χ0) is 21.4. The summed E-state index contributed by atoms with van der Waals surface area (Å²) in [7, 11) is 0. The van der Waals surface area contributed by atoms with E-state index in [1.54, 1.807) is 0 Å². The molecule has 0 fully saturated rings. The van der Waals surface area contributed by atoms with Gasteiger partial charge in [0.05, 0.1) is 22.8 Å². The maximum atomic E-state index is 12.7. The second-order valence-corrected chi connectivity index (χ2v) is 8.81. The van der Waals surface area contributed by atoms with Crippen molar-refractivity contribution < 1.29 is 4.79 Å². The van der Waals surface area contributed by atoms with Gasteiger partial charge in [0.25, 0.3) is 5.91 Å². The molecule has 5 aromatic rings. The molecule has 0 spiro atoms. The molecule has 4 aromatic heterocycles. The first-order chi connectivity index (χ1) is 15.1. The van der Waals surface area contributed by atoms with Gasteiger partial charge in [-0.1, -0.05) is 35.9 Å². The molecule has 0 aliphatic rings. The number of aromatic nitrogens is 4. The molecule has 1 N–H and O–H groups in total. The number of imidazole rings is 1. The molecular weight excluding hydrogens is 430 g/mol. The van der Waals surface area contributed by atoms with E-state index in [1.807, 2.05) is 76.9 Å². The van der Waals surface area contributed by atoms with E-state index < -0.39 is 0 Å². The first-order valence-corrected chi connectivity index (χ1v) is 11.2. The molecule has 0 bridgehead atoms. The first-order valence-electron chi connectivity index (χ1n) is 9.99. The minimum atomic E-state index is -0.0753. The molecule has 0 radical (unpaired) electrons. The molecule has 0 aliphatic heterocycles. The first kappa shape index (κ1) is 19.8. The quantitative estimate of drug-likeness (QED) is 0.407. The number of nitrogens with zero attached hydrogens (tertiary/aromatic N) is 4. The summed E-state index contributed by atoms with van der Waals surface area (Å²) in [6.07, 6.45) is 4.64. The predicted molar refractivity (Wildman–Crippen MR) is 124 cm³/mol. The number of carbonyl (C=O) groups is 1. The summed E-state index contributed by atoms with van der Waals surface area (Å²) in [4.78, 5) is 19.0. The fourth-order valence-electron chi connectivity index (χ4n) is 3.62. The van der Waals surface area contributed by atoms with Crippen molar-refractivity contribution in [3.63, 3.8) is 0 Å². The summed E-state index contributed by atoms with van der Waals surface area (Å²) in [5, 5.41) is 9.36. The highest BCUT2D eigenvalue weighted by Crippen LogP contribution is 2.29. The van der Waals surface area contributed by atoms with Gasteiger partial charge >= 0.3 is 0 Å². The number of benzene rings is 1. The third-order valence-corrected chi connectivity index (χ3v) is 6.71. The van der Waals surface area contributed by atoms with E-state index in [0.717, 1.165) is 32.8 Å². The third kappa shape index (κ3) is 3.94. The molecule has 6 nitrogen and oxygen atoms in total. The van der Waals surface area contributed by atoms with Gasteiger partial charge in [0.15, 0.2) is 0 Å². The largest absolute Gasteiger partial charge is 0.351 e. The van der Waals surface area contributed by atoms with E-state index in [-0.39, 0.29) is 5.91 Å². The molecule has 0 atom stereocenters. The van der Waals surface area contributed by atoms with Gasteiger partial charge in [-0.15, -0.1) is 11.3 Å². The minimum absolute atomic E-state index is 0.0753. The van der Waals surface area contributed by atoms with Gasteiger partial charge in [-0.2, -0.15) is 5.10 Å². The smallest absolute Gasteiger partial charge is 0.261 e. The van der Waals surface area contributed by atoms with Crippen LogP contribution >= 0.6 is 22.9 Å². The Morgan fingerprint density at radius 1 is 1.19 bits per heavy atom. The zero-order valence-corrected chi connectivity index (χ0v) is 18.5. The number of halogens is 1. The number of aryl methyl sites for hydroxylation is 1. The highest BCUT2D eigenvalue weighted by molar-refractivity contribution is 7.20. The standard InChI is InChI=1S/C23H20ClN5OS/c1-15-18-12-20(31-23(18)29(27-15)13-16-6-2-3-7-19(16)24)22(30)25-10-9-17-14-28-11-5-4-8-21(28)26-17/h2-8,11-12,14H,9-10,13H2,1H3,(H,25,30). The van der Waals surface area contributed by atoms with E-state index in [0.29, 0.717) is 29.4 Å². The number of hydrogen-bond donors (Lipinski definition) is 1. The lowest BCUT2D eigenvalue weighted by Crippen LogP contribution is -2.24. The summed E-state index contributed by atoms with van der Waals surface area (Å²) in [6.45, 7) is 3.06. The van der Waals surface area contributed by atoms with Crippen LogP contribution in [0.25, 0.3) is 15.9 Å². The Bertz CT molecular complexity index is 1370. The Balaban J connectivity index is 1.29. The van der Waals surface area contributed by atoms with Gasteiger partial charge in [-0.25, -0.2) is 4.98 Å². The van der Waals surface area contributed by atoms with Gasteiger partial charge in [-0.3, -0.25) is 9.48 Å². The van der Waals surface area contributed by atoms with Crippen LogP contribution in [-0.2, 0) is 13.0 Å². The second kappa shape index (κ2) is 8.17. The van der Waals surface area contributed by atoms with Gasteiger partial charge in [0, 0.05) is 35.8 Å². The summed E-state index contributed by atoms with van der Waals surface area (Å²) in [5.41, 5.74) is 3.77. The van der Waals surface area contributed by atoms with Crippen LogP contribution in [0.15, 0.2) is 60.9 Å². The van der Waals surface area contributed by atoms with Gasteiger partial charge < -0.3 is 9.72 Å². The van der Waals surface area contributed by atoms with Crippen LogP contribution in [0.4, 0.5) is 0 Å². The fraction of sp³-hybridized carbons (Fsp3) is 0.174. The molecule has 1 amide bonds. The summed E-state index contributed by atoms with van der Waals surface area (Å²) >= 11 is 7.77. The lowest BCUT2D eigenvalue weighted by Gasteiger charge is -2.05. The highest BCUT2D eigenvalue weighted by Gasteiger charge is 2.17. The van der Waals surface area contributed by atoms with Crippen LogP contribution in [-0.4, -0.2) is 31.6 Å². The summed E-state index contributed by atoms with van der Waals surface area (Å²) in [6, 6.07) is 15.6. The van der Waals surface area contributed by atoms with Crippen LogP contribution in [0.3, 0.4) is 0 Å². The zero-order valence-electron chi connectivity index (χ0n) is 16.9. The van der Waals surface area contributed by atoms with Crippen molar-refractivity contribution in [2.75, 3.05) is 6.54 Å². The molecule has 8 heteroatoms. The topological polar surface area (TPSA) is 64.2 Å². The Morgan fingerprint density at radius 3 is 2.87 bits per heavy atom. The van der Waals surface area contributed by atoms with Crippen molar-refractivity contribution in [3.05, 3.63) is 87.8 Å². The summed E-state index contributed by atoms with van der Waals surface area (Å²) < 4.78 is 3.90. The lowest BCUT2D eigenvalue weighted by atomic mass is 10.2. The Kier molecular flexibility index (Phi) is 5.21. The number of hydrogen-bond acceptors (Lipinski definition) is 4. The van der Waals surface area contributed by atoms with E-state index in [9.17, 15) is 4.79 Å². The van der Waals surface area contributed by atoms with E-state index in [2.05, 4.69) is 15.4 Å². The van der Waals surface area contributed by atoms with Gasteiger partial charge in [0.2, 0.25) is 0 Å². The van der Waals surface area contributed by atoms with Crippen LogP contribution in [0.1, 0.15) is 26.6 Å². The summed E-state index contributed by atoms with van der Waals surface area (Å²) in [5.74, 6) is -0.0753. The third-order valence-electron chi connectivity index (χ3n) is 5.19. The average molecular weight is 450 g/mol. The van der Waals surface area contributed by atoms with Crippen LogP contribution in [0, 0.1) is 6.92 Å². The number of thiophene rings is 1. The molecule has 31 heavy (non-hydrogen) atoms. The Morgan fingerprint density at radius 2 is 2.03 bits per heavy atom. The maximum absolute atomic E-state index is 12.7. The average Bonchev–Trinajstić information content (AvgIpc) is 3.45. The number of rotatable bonds is 6. The van der Waals surface area contributed by atoms with E-state index >= 15 is 0 Å². The van der Waals surface area contributed by atoms with Crippen molar-refractivity contribution in [3.8, 4) is 0 Å². The molecular formula is C23H20ClN5OS.